The molecule has 136 valence electrons. The Morgan fingerprint density at radius 2 is 1.67 bits per heavy atom. The zero-order chi connectivity index (χ0) is 19.6. The van der Waals surface area contributed by atoms with Gasteiger partial charge in [0.1, 0.15) is 17.7 Å². The lowest BCUT2D eigenvalue weighted by Gasteiger charge is -2.23. The Hall–Kier alpha value is -3.66. The fourth-order valence-electron chi connectivity index (χ4n) is 2.94. The first-order valence-corrected chi connectivity index (χ1v) is 8.21. The molecule has 3 aromatic rings. The summed E-state index contributed by atoms with van der Waals surface area (Å²) in [6.45, 7) is 0. The van der Waals surface area contributed by atoms with E-state index in [1.54, 1.807) is 12.1 Å². The molecular formula is C20H17FN4O2. The van der Waals surface area contributed by atoms with Crippen molar-refractivity contribution in [1.82, 2.24) is 9.13 Å². The van der Waals surface area contributed by atoms with Crippen LogP contribution < -0.4 is 16.6 Å². The van der Waals surface area contributed by atoms with Crippen LogP contribution in [0.25, 0.3) is 0 Å². The van der Waals surface area contributed by atoms with E-state index >= 15 is 0 Å². The summed E-state index contributed by atoms with van der Waals surface area (Å²) in [4.78, 5) is 24.6. The highest BCUT2D eigenvalue weighted by molar-refractivity contribution is 5.54. The van der Waals surface area contributed by atoms with Crippen molar-refractivity contribution in [2.24, 2.45) is 14.1 Å². The zero-order valence-corrected chi connectivity index (χ0v) is 14.8. The summed E-state index contributed by atoms with van der Waals surface area (Å²) in [6, 6.07) is 16.5. The number of anilines is 1. The molecule has 1 heterocycles. The van der Waals surface area contributed by atoms with Gasteiger partial charge in [-0.1, -0.05) is 42.5 Å². The molecule has 0 saturated carbocycles. The van der Waals surface area contributed by atoms with Crippen molar-refractivity contribution in [2.75, 3.05) is 5.32 Å². The molecule has 27 heavy (non-hydrogen) atoms. The van der Waals surface area contributed by atoms with Crippen molar-refractivity contribution >= 4 is 5.82 Å². The van der Waals surface area contributed by atoms with Gasteiger partial charge in [-0.05, 0) is 23.3 Å². The molecule has 3 rings (SSSR count). The van der Waals surface area contributed by atoms with Crippen molar-refractivity contribution < 1.29 is 4.39 Å². The van der Waals surface area contributed by atoms with Crippen LogP contribution in [-0.2, 0) is 14.1 Å². The summed E-state index contributed by atoms with van der Waals surface area (Å²) >= 11 is 0. The van der Waals surface area contributed by atoms with Crippen molar-refractivity contribution in [2.45, 2.75) is 6.04 Å². The monoisotopic (exact) mass is 364 g/mol. The third kappa shape index (κ3) is 3.37. The van der Waals surface area contributed by atoms with Crippen LogP contribution in [0.5, 0.6) is 0 Å². The zero-order valence-electron chi connectivity index (χ0n) is 14.8. The fourth-order valence-corrected chi connectivity index (χ4v) is 2.94. The number of nitriles is 1. The van der Waals surface area contributed by atoms with E-state index in [9.17, 15) is 19.2 Å². The molecule has 0 bridgehead atoms. The normalized spacial score (nSPS) is 11.6. The molecule has 0 saturated heterocycles. The van der Waals surface area contributed by atoms with E-state index in [1.165, 1.54) is 30.8 Å². The van der Waals surface area contributed by atoms with Crippen LogP contribution in [0.3, 0.4) is 0 Å². The molecule has 0 amide bonds. The van der Waals surface area contributed by atoms with Crippen LogP contribution in [-0.4, -0.2) is 9.13 Å². The van der Waals surface area contributed by atoms with Crippen LogP contribution in [0.15, 0.2) is 64.2 Å². The molecule has 1 aromatic heterocycles. The maximum absolute atomic E-state index is 13.8. The van der Waals surface area contributed by atoms with Crippen LogP contribution in [0.2, 0.25) is 0 Å². The fraction of sp³-hybridized carbons (Fsp3) is 0.150. The van der Waals surface area contributed by atoms with Crippen LogP contribution in [0.4, 0.5) is 10.2 Å². The Morgan fingerprint density at radius 1 is 1.00 bits per heavy atom. The van der Waals surface area contributed by atoms with E-state index in [0.29, 0.717) is 5.56 Å². The minimum Gasteiger partial charge on any atom is -0.359 e. The minimum atomic E-state index is -0.686. The van der Waals surface area contributed by atoms with Gasteiger partial charge in [-0.3, -0.25) is 13.9 Å². The van der Waals surface area contributed by atoms with Crippen molar-refractivity contribution in [3.63, 3.8) is 0 Å². The van der Waals surface area contributed by atoms with Gasteiger partial charge in [0.15, 0.2) is 5.56 Å². The predicted molar refractivity (Wildman–Crippen MR) is 99.9 cm³/mol. The van der Waals surface area contributed by atoms with E-state index in [4.69, 9.17) is 0 Å². The third-order valence-electron chi connectivity index (χ3n) is 4.37. The number of halogens is 1. The molecule has 0 spiro atoms. The van der Waals surface area contributed by atoms with Gasteiger partial charge < -0.3 is 5.32 Å². The van der Waals surface area contributed by atoms with Gasteiger partial charge in [0.05, 0.1) is 6.04 Å². The van der Waals surface area contributed by atoms with Crippen molar-refractivity contribution in [3.8, 4) is 6.07 Å². The summed E-state index contributed by atoms with van der Waals surface area (Å²) in [5.74, 6) is -0.322. The number of nitrogens with zero attached hydrogens (tertiary/aromatic N) is 3. The lowest BCUT2D eigenvalue weighted by atomic mass is 9.98. The Balaban J connectivity index is 2.22. The highest BCUT2D eigenvalue weighted by atomic mass is 19.1. The average Bonchev–Trinajstić information content (AvgIpc) is 2.68. The van der Waals surface area contributed by atoms with E-state index < -0.39 is 23.1 Å². The van der Waals surface area contributed by atoms with Gasteiger partial charge in [0.25, 0.3) is 5.56 Å². The van der Waals surface area contributed by atoms with Crippen LogP contribution in [0.1, 0.15) is 22.7 Å². The third-order valence-corrected chi connectivity index (χ3v) is 4.37. The maximum Gasteiger partial charge on any atom is 0.332 e. The van der Waals surface area contributed by atoms with E-state index in [0.717, 1.165) is 10.1 Å². The lowest BCUT2D eigenvalue weighted by Crippen LogP contribution is -2.40. The molecular weight excluding hydrogens is 347 g/mol. The van der Waals surface area contributed by atoms with Gasteiger partial charge in [-0.15, -0.1) is 0 Å². The first-order valence-electron chi connectivity index (χ1n) is 8.21. The van der Waals surface area contributed by atoms with Gasteiger partial charge >= 0.3 is 5.69 Å². The maximum atomic E-state index is 13.8. The number of hydrogen-bond acceptors (Lipinski definition) is 4. The molecule has 0 aliphatic heterocycles. The standard InChI is InChI=1S/C20H17FN4O2/c1-24-18(16(12-22)19(26)25(2)20(24)27)23-17(13-7-4-3-5-8-13)14-9-6-10-15(21)11-14/h3-11,17,23H,1-2H3. The van der Waals surface area contributed by atoms with Gasteiger partial charge in [0.2, 0.25) is 0 Å². The molecule has 1 N–H and O–H groups in total. The smallest absolute Gasteiger partial charge is 0.332 e. The topological polar surface area (TPSA) is 79.8 Å². The molecule has 1 atom stereocenters. The Labute approximate surface area is 154 Å². The molecule has 6 nitrogen and oxygen atoms in total. The first-order chi connectivity index (χ1) is 12.9. The highest BCUT2D eigenvalue weighted by Gasteiger charge is 2.21. The SMILES string of the molecule is Cn1c(NC(c2ccccc2)c2cccc(F)c2)c(C#N)c(=O)n(C)c1=O. The number of rotatable bonds is 4. The second kappa shape index (κ2) is 7.30. The van der Waals surface area contributed by atoms with Gasteiger partial charge in [-0.2, -0.15) is 5.26 Å². The molecule has 7 heteroatoms. The summed E-state index contributed by atoms with van der Waals surface area (Å²) in [7, 11) is 2.79. The summed E-state index contributed by atoms with van der Waals surface area (Å²) in [6.07, 6.45) is 0. The second-order valence-electron chi connectivity index (χ2n) is 6.08. The number of nitrogens with one attached hydrogen (secondary N) is 1. The van der Waals surface area contributed by atoms with E-state index in [2.05, 4.69) is 5.32 Å². The minimum absolute atomic E-state index is 0.0868. The largest absolute Gasteiger partial charge is 0.359 e. The van der Waals surface area contributed by atoms with Crippen molar-refractivity contribution in [1.29, 1.82) is 5.26 Å². The molecule has 0 aliphatic carbocycles. The summed E-state index contributed by atoms with van der Waals surface area (Å²) in [5, 5.41) is 12.6. The quantitative estimate of drug-likeness (QED) is 0.770. The molecule has 0 fully saturated rings. The van der Waals surface area contributed by atoms with Crippen LogP contribution >= 0.6 is 0 Å². The molecule has 2 aromatic carbocycles. The number of benzene rings is 2. The van der Waals surface area contributed by atoms with Crippen molar-refractivity contribution in [3.05, 3.63) is 97.9 Å². The Kier molecular flexibility index (Phi) is 4.90. The van der Waals surface area contributed by atoms with E-state index in [-0.39, 0.29) is 11.4 Å². The first kappa shape index (κ1) is 18.1. The highest BCUT2D eigenvalue weighted by Crippen LogP contribution is 2.27. The number of hydrogen-bond donors (Lipinski definition) is 1. The Bertz CT molecular complexity index is 1140. The van der Waals surface area contributed by atoms with Crippen LogP contribution in [0, 0.1) is 17.1 Å². The van der Waals surface area contributed by atoms with E-state index in [1.807, 2.05) is 36.4 Å². The second-order valence-corrected chi connectivity index (χ2v) is 6.08. The number of aromatic nitrogens is 2. The van der Waals surface area contributed by atoms with Gasteiger partial charge in [-0.25, -0.2) is 9.18 Å². The lowest BCUT2D eigenvalue weighted by molar-refractivity contribution is 0.624. The predicted octanol–water partition coefficient (Wildman–Crippen LogP) is 2.30. The average molecular weight is 364 g/mol. The summed E-state index contributed by atoms with van der Waals surface area (Å²) in [5.41, 5.74) is -0.0445. The molecule has 0 radical (unpaired) electrons. The Morgan fingerprint density at radius 3 is 2.30 bits per heavy atom. The van der Waals surface area contributed by atoms with Gasteiger partial charge in [0, 0.05) is 14.1 Å². The molecule has 0 aliphatic rings. The molecule has 1 unspecified atom stereocenters. The summed E-state index contributed by atoms with van der Waals surface area (Å²) < 4.78 is 15.9.